The second kappa shape index (κ2) is 9.41. The molecular formula is C11H26NO4S-. The Morgan fingerprint density at radius 3 is 2.12 bits per heavy atom. The van der Waals surface area contributed by atoms with Gasteiger partial charge in [-0.1, -0.05) is 28.7 Å². The van der Waals surface area contributed by atoms with Crippen molar-refractivity contribution in [2.24, 2.45) is 5.92 Å². The van der Waals surface area contributed by atoms with Crippen LogP contribution in [-0.2, 0) is 14.9 Å². The van der Waals surface area contributed by atoms with Gasteiger partial charge in [0.1, 0.15) is 0 Å². The summed E-state index contributed by atoms with van der Waals surface area (Å²) in [4.78, 5) is 11.4. The first-order valence-corrected chi connectivity index (χ1v) is 6.58. The van der Waals surface area contributed by atoms with Crippen molar-refractivity contribution >= 4 is 16.0 Å². The van der Waals surface area contributed by atoms with E-state index >= 15 is 0 Å². The summed E-state index contributed by atoms with van der Waals surface area (Å²) < 4.78 is 31.0. The fourth-order valence-corrected chi connectivity index (χ4v) is 1.61. The van der Waals surface area contributed by atoms with Gasteiger partial charge in [0, 0.05) is 17.7 Å². The maximum atomic E-state index is 11.4. The maximum absolute atomic E-state index is 11.4. The minimum absolute atomic E-state index is 0. The smallest absolute Gasteiger partial charge is 0.223 e. The third kappa shape index (κ3) is 11.6. The molecule has 0 aromatic heterocycles. The Morgan fingerprint density at radius 1 is 1.29 bits per heavy atom. The summed E-state index contributed by atoms with van der Waals surface area (Å²) in [5.74, 6) is -0.626. The van der Waals surface area contributed by atoms with E-state index in [0.717, 1.165) is 6.42 Å². The Bertz CT molecular complexity index is 301. The lowest BCUT2D eigenvalue weighted by Gasteiger charge is -2.17. The van der Waals surface area contributed by atoms with Gasteiger partial charge in [-0.05, 0) is 19.8 Å². The minimum atomic E-state index is -4.18. The largest absolute Gasteiger partial charge is 0.748 e. The van der Waals surface area contributed by atoms with Crippen molar-refractivity contribution < 1.29 is 17.8 Å². The molecule has 0 fully saturated rings. The van der Waals surface area contributed by atoms with Crippen LogP contribution in [0.4, 0.5) is 0 Å². The molecule has 0 aliphatic heterocycles. The average Bonchev–Trinajstić information content (AvgIpc) is 2.12. The molecule has 2 atom stereocenters. The highest BCUT2D eigenvalue weighted by atomic mass is 32.2. The molecule has 0 aromatic carbocycles. The van der Waals surface area contributed by atoms with Crippen LogP contribution in [0.3, 0.4) is 0 Å². The molecule has 17 heavy (non-hydrogen) atoms. The van der Waals surface area contributed by atoms with Crippen LogP contribution in [-0.4, -0.2) is 30.7 Å². The third-order valence-electron chi connectivity index (χ3n) is 2.25. The van der Waals surface area contributed by atoms with Crippen LogP contribution in [0.1, 0.15) is 48.5 Å². The maximum Gasteiger partial charge on any atom is 0.223 e. The molecule has 0 aliphatic rings. The van der Waals surface area contributed by atoms with Crippen LogP contribution >= 0.6 is 0 Å². The van der Waals surface area contributed by atoms with Gasteiger partial charge in [0.05, 0.1) is 10.1 Å². The monoisotopic (exact) mass is 268 g/mol. The zero-order valence-electron chi connectivity index (χ0n) is 9.32. The Hall–Kier alpha value is -0.620. The predicted octanol–water partition coefficient (Wildman–Crippen LogP) is 1.74. The van der Waals surface area contributed by atoms with Crippen molar-refractivity contribution in [1.82, 2.24) is 5.32 Å². The van der Waals surface area contributed by atoms with E-state index < -0.39 is 15.9 Å². The highest BCUT2D eigenvalue weighted by Crippen LogP contribution is 2.02. The molecule has 0 spiro atoms. The van der Waals surface area contributed by atoms with E-state index in [0.29, 0.717) is 0 Å². The summed E-state index contributed by atoms with van der Waals surface area (Å²) in [6.45, 7) is 5.38. The van der Waals surface area contributed by atoms with Crippen LogP contribution in [0, 0.1) is 5.92 Å². The molecule has 0 bridgehead atoms. The Balaban J connectivity index is -0.000000980. The molecule has 106 valence electrons. The molecule has 6 heteroatoms. The van der Waals surface area contributed by atoms with Crippen LogP contribution in [0.5, 0.6) is 0 Å². The summed E-state index contributed by atoms with van der Waals surface area (Å²) in [5.41, 5.74) is 0. The molecule has 2 unspecified atom stereocenters. The summed E-state index contributed by atoms with van der Waals surface area (Å²) in [7, 11) is -4.18. The fourth-order valence-electron chi connectivity index (χ4n) is 0.964. The topological polar surface area (TPSA) is 86.3 Å². The van der Waals surface area contributed by atoms with E-state index in [1.165, 1.54) is 0 Å². The first kappa shape index (κ1) is 21.6. The zero-order valence-corrected chi connectivity index (χ0v) is 10.1. The summed E-state index contributed by atoms with van der Waals surface area (Å²) in [6.07, 6.45) is 0.895. The zero-order chi connectivity index (χ0) is 12.1. The number of rotatable bonds is 6. The van der Waals surface area contributed by atoms with Gasteiger partial charge < -0.3 is 9.87 Å². The van der Waals surface area contributed by atoms with Gasteiger partial charge in [0.15, 0.2) is 0 Å². The van der Waals surface area contributed by atoms with Gasteiger partial charge in [-0.3, -0.25) is 4.79 Å². The fraction of sp³-hybridized carbons (Fsp3) is 0.909. The third-order valence-corrected chi connectivity index (χ3v) is 2.99. The van der Waals surface area contributed by atoms with Crippen LogP contribution in [0.15, 0.2) is 0 Å². The predicted molar refractivity (Wildman–Crippen MR) is 69.7 cm³/mol. The molecule has 0 saturated heterocycles. The van der Waals surface area contributed by atoms with Gasteiger partial charge in [-0.25, -0.2) is 8.42 Å². The van der Waals surface area contributed by atoms with E-state index in [-0.39, 0.29) is 39.1 Å². The van der Waals surface area contributed by atoms with Gasteiger partial charge in [0.25, 0.3) is 0 Å². The number of carbonyl (C=O) groups is 1. The Labute approximate surface area is 106 Å². The standard InChI is InChI=1S/C9H19NO4S.2CH4/c1-4-7(2)9(11)10-8(3)5-6-15(12,13)14;;/h7-8H,4-6H2,1-3H3,(H,10,11)(H,12,13,14);2*1H4/p-1. The number of hydrogen-bond donors (Lipinski definition) is 1. The SMILES string of the molecule is C.C.CCC(C)C(=O)NC(C)CCS(=O)(=O)[O-]. The molecule has 0 radical (unpaired) electrons. The number of amides is 1. The first-order chi connectivity index (χ1) is 6.76. The van der Waals surface area contributed by atoms with Gasteiger partial charge in [-0.2, -0.15) is 0 Å². The number of nitrogens with one attached hydrogen (secondary N) is 1. The lowest BCUT2D eigenvalue weighted by Crippen LogP contribution is -2.37. The highest BCUT2D eigenvalue weighted by molar-refractivity contribution is 7.85. The molecule has 5 nitrogen and oxygen atoms in total. The normalized spacial score (nSPS) is 13.9. The van der Waals surface area contributed by atoms with Crippen molar-refractivity contribution in [3.8, 4) is 0 Å². The van der Waals surface area contributed by atoms with E-state index in [1.54, 1.807) is 13.8 Å². The summed E-state index contributed by atoms with van der Waals surface area (Å²) >= 11 is 0. The van der Waals surface area contributed by atoms with Gasteiger partial charge >= 0.3 is 0 Å². The lowest BCUT2D eigenvalue weighted by atomic mass is 10.1. The molecule has 0 rings (SSSR count). The van der Waals surface area contributed by atoms with E-state index in [9.17, 15) is 17.8 Å². The second-order valence-corrected chi connectivity index (χ2v) is 5.29. The van der Waals surface area contributed by atoms with E-state index in [2.05, 4.69) is 5.32 Å². The number of hydrogen-bond acceptors (Lipinski definition) is 4. The van der Waals surface area contributed by atoms with Crippen LogP contribution in [0.25, 0.3) is 0 Å². The molecule has 0 heterocycles. The quantitative estimate of drug-likeness (QED) is 0.743. The lowest BCUT2D eigenvalue weighted by molar-refractivity contribution is -0.125. The molecule has 0 aromatic rings. The summed E-state index contributed by atoms with van der Waals surface area (Å²) in [6, 6.07) is -0.282. The molecule has 1 amide bonds. The molecule has 0 aliphatic carbocycles. The molecular weight excluding hydrogens is 242 g/mol. The van der Waals surface area contributed by atoms with Crippen molar-refractivity contribution in [1.29, 1.82) is 0 Å². The second-order valence-electron chi connectivity index (χ2n) is 3.77. The van der Waals surface area contributed by atoms with Gasteiger partial charge in [-0.15, -0.1) is 0 Å². The highest BCUT2D eigenvalue weighted by Gasteiger charge is 2.13. The Morgan fingerprint density at radius 2 is 1.76 bits per heavy atom. The van der Waals surface area contributed by atoms with Gasteiger partial charge in [0.2, 0.25) is 5.91 Å². The van der Waals surface area contributed by atoms with E-state index in [4.69, 9.17) is 0 Å². The average molecular weight is 268 g/mol. The summed E-state index contributed by atoms with van der Waals surface area (Å²) in [5, 5.41) is 2.66. The molecule has 0 saturated carbocycles. The van der Waals surface area contributed by atoms with Crippen molar-refractivity contribution in [2.45, 2.75) is 54.5 Å². The van der Waals surface area contributed by atoms with Crippen LogP contribution in [0.2, 0.25) is 0 Å². The van der Waals surface area contributed by atoms with Crippen molar-refractivity contribution in [3.63, 3.8) is 0 Å². The van der Waals surface area contributed by atoms with E-state index in [1.807, 2.05) is 6.92 Å². The van der Waals surface area contributed by atoms with Crippen molar-refractivity contribution in [3.05, 3.63) is 0 Å². The first-order valence-electron chi connectivity index (χ1n) is 5.00. The molecule has 1 N–H and O–H groups in total. The number of carbonyl (C=O) groups excluding carboxylic acids is 1. The minimum Gasteiger partial charge on any atom is -0.748 e. The Kier molecular flexibility index (Phi) is 12.0. The van der Waals surface area contributed by atoms with Crippen molar-refractivity contribution in [2.75, 3.05) is 5.75 Å². The van der Waals surface area contributed by atoms with Crippen LogP contribution < -0.4 is 5.32 Å².